The fraction of sp³-hybridized carbons (Fsp3) is 0.300. The minimum Gasteiger partial charge on any atom is -0.466 e. The third-order valence-corrected chi connectivity index (χ3v) is 7.25. The number of pyridine rings is 1. The predicted octanol–water partition coefficient (Wildman–Crippen LogP) is 6.06. The number of likely N-dealkylation sites (tertiary alicyclic amines) is 1. The van der Waals surface area contributed by atoms with Gasteiger partial charge in [0.05, 0.1) is 23.9 Å². The van der Waals surface area contributed by atoms with E-state index in [9.17, 15) is 9.59 Å². The Morgan fingerprint density at radius 1 is 1.03 bits per heavy atom. The van der Waals surface area contributed by atoms with Crippen LogP contribution in [-0.2, 0) is 20.7 Å². The molecule has 0 bridgehead atoms. The van der Waals surface area contributed by atoms with Gasteiger partial charge in [-0.25, -0.2) is 4.98 Å². The van der Waals surface area contributed by atoms with E-state index in [2.05, 4.69) is 4.40 Å². The number of ether oxygens (including phenoxy) is 1. The van der Waals surface area contributed by atoms with Crippen LogP contribution in [-0.4, -0.2) is 45.9 Å². The van der Waals surface area contributed by atoms with Gasteiger partial charge in [0.25, 0.3) is 0 Å². The Kier molecular flexibility index (Phi) is 7.56. The summed E-state index contributed by atoms with van der Waals surface area (Å²) in [5.74, 6) is -0.406. The average Bonchev–Trinajstić information content (AvgIpc) is 3.30. The predicted molar refractivity (Wildman–Crippen MR) is 145 cm³/mol. The molecule has 0 saturated carbocycles. The van der Waals surface area contributed by atoms with Crippen molar-refractivity contribution in [2.75, 3.05) is 19.7 Å². The second-order valence-corrected chi connectivity index (χ2v) is 9.74. The quantitative estimate of drug-likeness (QED) is 0.281. The van der Waals surface area contributed by atoms with Crippen molar-refractivity contribution in [3.05, 3.63) is 83.6 Å². The number of amides is 1. The Bertz CT molecular complexity index is 1420. The molecule has 0 aliphatic carbocycles. The summed E-state index contributed by atoms with van der Waals surface area (Å²) >= 11 is 6.49. The minimum absolute atomic E-state index is 0.0465. The van der Waals surface area contributed by atoms with E-state index in [4.69, 9.17) is 21.3 Å². The number of fused-ring (bicyclic) bond motifs is 1. The van der Waals surface area contributed by atoms with Gasteiger partial charge in [0, 0.05) is 41.9 Å². The molecule has 1 aliphatic heterocycles. The van der Waals surface area contributed by atoms with Crippen molar-refractivity contribution in [3.63, 3.8) is 0 Å². The first kappa shape index (κ1) is 25.0. The van der Waals surface area contributed by atoms with Crippen molar-refractivity contribution >= 4 is 29.1 Å². The van der Waals surface area contributed by atoms with Crippen LogP contribution >= 0.6 is 11.6 Å². The van der Waals surface area contributed by atoms with Crippen LogP contribution in [0.15, 0.2) is 72.9 Å². The minimum atomic E-state index is -0.244. The molecule has 1 unspecified atom stereocenters. The molecule has 37 heavy (non-hydrogen) atoms. The molecule has 1 fully saturated rings. The van der Waals surface area contributed by atoms with Gasteiger partial charge in [-0.1, -0.05) is 60.1 Å². The fourth-order valence-corrected chi connectivity index (χ4v) is 5.30. The van der Waals surface area contributed by atoms with E-state index in [1.54, 1.807) is 6.92 Å². The van der Waals surface area contributed by atoms with E-state index >= 15 is 0 Å². The van der Waals surface area contributed by atoms with E-state index in [1.807, 2.05) is 77.8 Å². The Morgan fingerprint density at radius 3 is 2.59 bits per heavy atom. The van der Waals surface area contributed by atoms with Gasteiger partial charge in [0.1, 0.15) is 5.65 Å². The molecule has 0 radical (unpaired) electrons. The highest BCUT2D eigenvalue weighted by molar-refractivity contribution is 6.33. The molecule has 2 aromatic carbocycles. The lowest BCUT2D eigenvalue weighted by molar-refractivity contribution is -0.151. The summed E-state index contributed by atoms with van der Waals surface area (Å²) in [6, 6.07) is 21.8. The summed E-state index contributed by atoms with van der Waals surface area (Å²) in [7, 11) is 0. The third-order valence-electron chi connectivity index (χ3n) is 6.92. The summed E-state index contributed by atoms with van der Waals surface area (Å²) in [5, 5.41) is 0.684. The SMILES string of the molecule is CCOC(=O)C1CCCN(C(=O)CCc2c(-c3ccccc3)nc3ccc(-c4ccccc4Cl)cn23)C1. The molecule has 1 amide bonds. The summed E-state index contributed by atoms with van der Waals surface area (Å²) < 4.78 is 7.27. The molecule has 7 heteroatoms. The van der Waals surface area contributed by atoms with Gasteiger partial charge < -0.3 is 14.0 Å². The smallest absolute Gasteiger partial charge is 0.310 e. The number of rotatable bonds is 7. The lowest BCUT2D eigenvalue weighted by Crippen LogP contribution is -2.42. The van der Waals surface area contributed by atoms with Crippen LogP contribution in [0.3, 0.4) is 0 Å². The van der Waals surface area contributed by atoms with E-state index in [1.165, 1.54) is 0 Å². The second kappa shape index (κ2) is 11.2. The first-order valence-electron chi connectivity index (χ1n) is 12.8. The molecule has 0 N–H and O–H groups in total. The van der Waals surface area contributed by atoms with E-state index < -0.39 is 0 Å². The molecule has 1 aliphatic rings. The van der Waals surface area contributed by atoms with Gasteiger partial charge >= 0.3 is 5.97 Å². The van der Waals surface area contributed by atoms with Crippen LogP contribution < -0.4 is 0 Å². The van der Waals surface area contributed by atoms with E-state index in [-0.39, 0.29) is 17.8 Å². The highest BCUT2D eigenvalue weighted by Crippen LogP contribution is 2.31. The molecule has 6 nitrogen and oxygen atoms in total. The Hall–Kier alpha value is -3.64. The molecule has 3 heterocycles. The van der Waals surface area contributed by atoms with Crippen LogP contribution in [0.2, 0.25) is 5.02 Å². The number of nitrogens with zero attached hydrogens (tertiary/aromatic N) is 3. The molecular weight excluding hydrogens is 486 g/mol. The zero-order valence-corrected chi connectivity index (χ0v) is 21.7. The van der Waals surface area contributed by atoms with Gasteiger partial charge in [-0.2, -0.15) is 0 Å². The highest BCUT2D eigenvalue weighted by atomic mass is 35.5. The van der Waals surface area contributed by atoms with Crippen LogP contribution in [0, 0.1) is 5.92 Å². The van der Waals surface area contributed by atoms with Gasteiger partial charge in [-0.15, -0.1) is 0 Å². The number of esters is 1. The number of piperidine rings is 1. The zero-order chi connectivity index (χ0) is 25.8. The lowest BCUT2D eigenvalue weighted by Gasteiger charge is -2.31. The van der Waals surface area contributed by atoms with Crippen molar-refractivity contribution in [2.24, 2.45) is 5.92 Å². The number of aryl methyl sites for hydroxylation is 1. The molecule has 2 aromatic heterocycles. The van der Waals surface area contributed by atoms with E-state index in [0.717, 1.165) is 46.6 Å². The largest absolute Gasteiger partial charge is 0.466 e. The van der Waals surface area contributed by atoms with Crippen LogP contribution in [0.4, 0.5) is 0 Å². The van der Waals surface area contributed by atoms with Crippen molar-refractivity contribution in [2.45, 2.75) is 32.6 Å². The number of hydrogen-bond acceptors (Lipinski definition) is 4. The molecule has 5 rings (SSSR count). The first-order valence-corrected chi connectivity index (χ1v) is 13.2. The third kappa shape index (κ3) is 5.39. The summed E-state index contributed by atoms with van der Waals surface area (Å²) in [5.41, 5.74) is 5.60. The maximum Gasteiger partial charge on any atom is 0.310 e. The number of halogens is 1. The Labute approximate surface area is 221 Å². The maximum absolute atomic E-state index is 13.3. The molecular formula is C30H30ClN3O3. The summed E-state index contributed by atoms with van der Waals surface area (Å²) in [6.07, 6.45) is 4.48. The fourth-order valence-electron chi connectivity index (χ4n) is 5.05. The monoisotopic (exact) mass is 515 g/mol. The summed E-state index contributed by atoms with van der Waals surface area (Å²) in [6.45, 7) is 3.26. The molecule has 0 spiro atoms. The van der Waals surface area contributed by atoms with Gasteiger partial charge in [-0.05, 0) is 49.9 Å². The van der Waals surface area contributed by atoms with Gasteiger partial charge in [0.15, 0.2) is 0 Å². The Balaban J connectivity index is 1.44. The molecule has 1 saturated heterocycles. The number of carbonyl (C=O) groups is 2. The normalized spacial score (nSPS) is 15.6. The molecule has 190 valence electrons. The standard InChI is InChI=1S/C30H30ClN3O3/c1-2-37-30(36)23-11-8-18-33(19-23)28(35)17-15-26-29(21-9-4-3-5-10-21)32-27-16-14-22(20-34(26)27)24-12-6-7-13-25(24)31/h3-7,9-10,12-14,16,20,23H,2,8,11,15,17-19H2,1H3. The number of hydrogen-bond donors (Lipinski definition) is 0. The van der Waals surface area contributed by atoms with Crippen LogP contribution in [0.5, 0.6) is 0 Å². The number of aromatic nitrogens is 2. The van der Waals surface area contributed by atoms with Crippen molar-refractivity contribution < 1.29 is 14.3 Å². The van der Waals surface area contributed by atoms with Crippen molar-refractivity contribution in [1.29, 1.82) is 0 Å². The lowest BCUT2D eigenvalue weighted by atomic mass is 9.97. The van der Waals surface area contributed by atoms with Crippen LogP contribution in [0.25, 0.3) is 28.0 Å². The number of carbonyl (C=O) groups excluding carboxylic acids is 2. The average molecular weight is 516 g/mol. The summed E-state index contributed by atoms with van der Waals surface area (Å²) in [4.78, 5) is 32.3. The number of imidazole rings is 1. The second-order valence-electron chi connectivity index (χ2n) is 9.33. The van der Waals surface area contributed by atoms with Crippen LogP contribution in [0.1, 0.15) is 31.9 Å². The number of benzene rings is 2. The zero-order valence-electron chi connectivity index (χ0n) is 20.9. The molecule has 1 atom stereocenters. The van der Waals surface area contributed by atoms with Crippen molar-refractivity contribution in [3.8, 4) is 22.4 Å². The maximum atomic E-state index is 13.3. The highest BCUT2D eigenvalue weighted by Gasteiger charge is 2.29. The van der Waals surface area contributed by atoms with Crippen molar-refractivity contribution in [1.82, 2.24) is 14.3 Å². The van der Waals surface area contributed by atoms with Gasteiger partial charge in [-0.3, -0.25) is 9.59 Å². The topological polar surface area (TPSA) is 63.9 Å². The molecule has 4 aromatic rings. The van der Waals surface area contributed by atoms with E-state index in [0.29, 0.717) is 37.6 Å². The van der Waals surface area contributed by atoms with Gasteiger partial charge in [0.2, 0.25) is 5.91 Å². The Morgan fingerprint density at radius 2 is 1.81 bits per heavy atom. The first-order chi connectivity index (χ1) is 18.0.